The smallest absolute Gasteiger partial charge is 0.251 e. The van der Waals surface area contributed by atoms with Crippen LogP contribution in [0.3, 0.4) is 0 Å². The van der Waals surface area contributed by atoms with Crippen LogP contribution in [0.1, 0.15) is 43.4 Å². The molecule has 0 aliphatic rings. The van der Waals surface area contributed by atoms with Gasteiger partial charge in [0.2, 0.25) is 0 Å². The molecular weight excluding hydrogens is 336 g/mol. The molecule has 0 bridgehead atoms. The van der Waals surface area contributed by atoms with Gasteiger partial charge in [0.1, 0.15) is 5.82 Å². The van der Waals surface area contributed by atoms with Crippen LogP contribution in [0.4, 0.5) is 5.69 Å². The predicted octanol–water partition coefficient (Wildman–Crippen LogP) is 4.16. The summed E-state index contributed by atoms with van der Waals surface area (Å²) in [4.78, 5) is 22.5. The van der Waals surface area contributed by atoms with Crippen molar-refractivity contribution in [1.82, 2.24) is 15.3 Å². The number of rotatable bonds is 8. The number of nitrogens with one attached hydrogen (secondary N) is 2. The summed E-state index contributed by atoms with van der Waals surface area (Å²) in [7, 11) is 0. The number of imidazole rings is 1. The molecule has 1 aromatic heterocycles. The summed E-state index contributed by atoms with van der Waals surface area (Å²) in [5.74, 6) is 0.932. The van der Waals surface area contributed by atoms with Crippen LogP contribution < -0.4 is 10.2 Å². The Morgan fingerprint density at radius 3 is 2.56 bits per heavy atom. The second-order valence-electron chi connectivity index (χ2n) is 6.99. The average molecular weight is 364 g/mol. The van der Waals surface area contributed by atoms with Gasteiger partial charge in [-0.15, -0.1) is 0 Å². The highest BCUT2D eigenvalue weighted by atomic mass is 16.1. The fraction of sp³-hybridized carbons (Fsp3) is 0.364. The van der Waals surface area contributed by atoms with E-state index < -0.39 is 0 Å². The van der Waals surface area contributed by atoms with Crippen molar-refractivity contribution in [3.8, 4) is 0 Å². The molecule has 27 heavy (non-hydrogen) atoms. The molecule has 5 heteroatoms. The zero-order chi connectivity index (χ0) is 19.2. The minimum absolute atomic E-state index is 0.0289. The maximum absolute atomic E-state index is 12.3. The number of aryl methyl sites for hydroxylation is 1. The Balaban J connectivity index is 1.49. The van der Waals surface area contributed by atoms with E-state index in [4.69, 9.17) is 0 Å². The lowest BCUT2D eigenvalue weighted by atomic mass is 10.1. The molecule has 1 heterocycles. The first-order valence-corrected chi connectivity index (χ1v) is 9.67. The van der Waals surface area contributed by atoms with Crippen molar-refractivity contribution in [3.63, 3.8) is 0 Å². The minimum atomic E-state index is -0.0289. The molecule has 0 radical (unpaired) electrons. The highest BCUT2D eigenvalue weighted by Crippen LogP contribution is 2.17. The maximum atomic E-state index is 12.3. The first-order valence-electron chi connectivity index (χ1n) is 9.67. The molecule has 3 rings (SSSR count). The number of carbonyl (C=O) groups excluding carboxylic acids is 1. The number of H-pyrrole nitrogens is 1. The van der Waals surface area contributed by atoms with Gasteiger partial charge in [-0.25, -0.2) is 4.98 Å². The third kappa shape index (κ3) is 4.67. The van der Waals surface area contributed by atoms with Gasteiger partial charge in [0, 0.05) is 36.8 Å². The number of amides is 1. The van der Waals surface area contributed by atoms with Crippen molar-refractivity contribution in [2.45, 2.75) is 39.7 Å². The van der Waals surface area contributed by atoms with Crippen LogP contribution in [0, 0.1) is 0 Å². The van der Waals surface area contributed by atoms with Crippen LogP contribution >= 0.6 is 0 Å². The Bertz CT molecular complexity index is 850. The fourth-order valence-electron chi connectivity index (χ4n) is 3.33. The number of aromatic amines is 1. The largest absolute Gasteiger partial charge is 0.369 e. The SMILES string of the molecule is CCN(c1ccc(C(=O)NCCCc2nc3ccccc3[nH]2)cc1)C(C)C. The molecule has 0 aliphatic heterocycles. The monoisotopic (exact) mass is 364 g/mol. The zero-order valence-corrected chi connectivity index (χ0v) is 16.3. The van der Waals surface area contributed by atoms with Gasteiger partial charge in [-0.05, 0) is 63.6 Å². The normalized spacial score (nSPS) is 11.1. The van der Waals surface area contributed by atoms with E-state index in [0.29, 0.717) is 18.2 Å². The van der Waals surface area contributed by atoms with E-state index in [2.05, 4.69) is 41.0 Å². The van der Waals surface area contributed by atoms with Crippen LogP contribution in [0.2, 0.25) is 0 Å². The fourth-order valence-corrected chi connectivity index (χ4v) is 3.33. The molecule has 2 aromatic carbocycles. The average Bonchev–Trinajstić information content (AvgIpc) is 3.09. The van der Waals surface area contributed by atoms with E-state index in [9.17, 15) is 4.79 Å². The van der Waals surface area contributed by atoms with Gasteiger partial charge in [0.25, 0.3) is 5.91 Å². The van der Waals surface area contributed by atoms with E-state index >= 15 is 0 Å². The van der Waals surface area contributed by atoms with Crippen molar-refractivity contribution in [2.24, 2.45) is 0 Å². The first-order chi connectivity index (χ1) is 13.1. The molecule has 0 aliphatic carbocycles. The number of nitrogens with zero attached hydrogens (tertiary/aromatic N) is 2. The van der Waals surface area contributed by atoms with E-state index in [0.717, 1.165) is 41.9 Å². The predicted molar refractivity (Wildman–Crippen MR) is 111 cm³/mol. The summed E-state index contributed by atoms with van der Waals surface area (Å²) in [5, 5.41) is 2.99. The van der Waals surface area contributed by atoms with Gasteiger partial charge in [-0.3, -0.25) is 4.79 Å². The van der Waals surface area contributed by atoms with Gasteiger partial charge in [-0.2, -0.15) is 0 Å². The molecule has 142 valence electrons. The Morgan fingerprint density at radius 1 is 1.15 bits per heavy atom. The summed E-state index contributed by atoms with van der Waals surface area (Å²) in [5.41, 5.74) is 3.88. The van der Waals surface area contributed by atoms with Crippen molar-refractivity contribution < 1.29 is 4.79 Å². The summed E-state index contributed by atoms with van der Waals surface area (Å²) in [6.45, 7) is 8.07. The van der Waals surface area contributed by atoms with Crippen LogP contribution in [0.25, 0.3) is 11.0 Å². The lowest BCUT2D eigenvalue weighted by Crippen LogP contribution is -2.30. The molecule has 0 saturated heterocycles. The van der Waals surface area contributed by atoms with E-state index in [1.807, 2.05) is 48.5 Å². The minimum Gasteiger partial charge on any atom is -0.369 e. The van der Waals surface area contributed by atoms with Gasteiger partial charge in [0.15, 0.2) is 0 Å². The number of benzene rings is 2. The summed E-state index contributed by atoms with van der Waals surface area (Å²) in [6.07, 6.45) is 1.66. The van der Waals surface area contributed by atoms with Crippen molar-refractivity contribution >= 4 is 22.6 Å². The molecule has 1 amide bonds. The molecule has 3 aromatic rings. The third-order valence-corrected chi connectivity index (χ3v) is 4.74. The molecule has 0 saturated carbocycles. The second kappa shape index (κ2) is 8.71. The second-order valence-corrected chi connectivity index (χ2v) is 6.99. The van der Waals surface area contributed by atoms with Gasteiger partial charge < -0.3 is 15.2 Å². The lowest BCUT2D eigenvalue weighted by Gasteiger charge is -2.27. The molecule has 0 unspecified atom stereocenters. The Hall–Kier alpha value is -2.82. The third-order valence-electron chi connectivity index (χ3n) is 4.74. The zero-order valence-electron chi connectivity index (χ0n) is 16.3. The van der Waals surface area contributed by atoms with E-state index in [1.54, 1.807) is 0 Å². The Labute approximate surface area is 160 Å². The van der Waals surface area contributed by atoms with Crippen LogP contribution in [0.15, 0.2) is 48.5 Å². The van der Waals surface area contributed by atoms with Gasteiger partial charge >= 0.3 is 0 Å². The summed E-state index contributed by atoms with van der Waals surface area (Å²) < 4.78 is 0. The number of fused-ring (bicyclic) bond motifs is 1. The Kier molecular flexibility index (Phi) is 6.12. The summed E-state index contributed by atoms with van der Waals surface area (Å²) >= 11 is 0. The molecule has 5 nitrogen and oxygen atoms in total. The van der Waals surface area contributed by atoms with E-state index in [1.165, 1.54) is 0 Å². The number of hydrogen-bond acceptors (Lipinski definition) is 3. The van der Waals surface area contributed by atoms with E-state index in [-0.39, 0.29) is 5.91 Å². The van der Waals surface area contributed by atoms with Gasteiger partial charge in [0.05, 0.1) is 11.0 Å². The quantitative estimate of drug-likeness (QED) is 0.590. The molecular formula is C22H28N4O. The van der Waals surface area contributed by atoms with Crippen molar-refractivity contribution in [3.05, 3.63) is 59.9 Å². The number of aromatic nitrogens is 2. The molecule has 2 N–H and O–H groups in total. The molecule has 0 fully saturated rings. The van der Waals surface area contributed by atoms with Crippen molar-refractivity contribution in [2.75, 3.05) is 18.0 Å². The number of hydrogen-bond donors (Lipinski definition) is 2. The number of anilines is 1. The highest BCUT2D eigenvalue weighted by molar-refractivity contribution is 5.94. The molecule has 0 atom stereocenters. The Morgan fingerprint density at radius 2 is 1.89 bits per heavy atom. The summed E-state index contributed by atoms with van der Waals surface area (Å²) in [6, 6.07) is 16.3. The number of carbonyl (C=O) groups is 1. The van der Waals surface area contributed by atoms with Crippen molar-refractivity contribution in [1.29, 1.82) is 0 Å². The van der Waals surface area contributed by atoms with Crippen LogP contribution in [-0.2, 0) is 6.42 Å². The molecule has 0 spiro atoms. The van der Waals surface area contributed by atoms with Gasteiger partial charge in [-0.1, -0.05) is 12.1 Å². The maximum Gasteiger partial charge on any atom is 0.251 e. The standard InChI is InChI=1S/C22H28N4O/c1-4-26(16(2)3)18-13-11-17(12-14-18)22(27)23-15-7-10-21-24-19-8-5-6-9-20(19)25-21/h5-6,8-9,11-14,16H,4,7,10,15H2,1-3H3,(H,23,27)(H,24,25). The van der Waals surface area contributed by atoms with Crippen LogP contribution in [-0.4, -0.2) is 35.0 Å². The highest BCUT2D eigenvalue weighted by Gasteiger charge is 2.10. The lowest BCUT2D eigenvalue weighted by molar-refractivity contribution is 0.0953. The van der Waals surface area contributed by atoms with Crippen LogP contribution in [0.5, 0.6) is 0 Å². The first kappa shape index (κ1) is 19.0. The topological polar surface area (TPSA) is 61.0 Å². The number of para-hydroxylation sites is 2.